The van der Waals surface area contributed by atoms with Crippen molar-refractivity contribution in [3.8, 4) is 0 Å². The first kappa shape index (κ1) is 12.8. The van der Waals surface area contributed by atoms with E-state index >= 15 is 0 Å². The van der Waals surface area contributed by atoms with Crippen molar-refractivity contribution in [2.45, 2.75) is 6.23 Å². The first-order valence-electron chi connectivity index (χ1n) is 6.33. The molecule has 1 aromatic heterocycles. The number of esters is 1. The van der Waals surface area contributed by atoms with Gasteiger partial charge in [-0.1, -0.05) is 45.5 Å². The first-order valence-corrected chi connectivity index (χ1v) is 7.94. The van der Waals surface area contributed by atoms with Gasteiger partial charge in [0, 0.05) is 10.0 Å². The van der Waals surface area contributed by atoms with E-state index in [9.17, 15) is 4.79 Å². The van der Waals surface area contributed by atoms with Gasteiger partial charge < -0.3 is 10.1 Å². The Balaban J connectivity index is 1.68. The van der Waals surface area contributed by atoms with Crippen LogP contribution in [0.1, 0.15) is 22.1 Å². The Labute approximate surface area is 132 Å². The van der Waals surface area contributed by atoms with Crippen LogP contribution >= 0.6 is 27.3 Å². The summed E-state index contributed by atoms with van der Waals surface area (Å²) in [7, 11) is 0. The van der Waals surface area contributed by atoms with Gasteiger partial charge in [0.1, 0.15) is 0 Å². The number of hydrogen-bond acceptors (Lipinski definition) is 5. The number of rotatable bonds is 2. The molecule has 0 fully saturated rings. The summed E-state index contributed by atoms with van der Waals surface area (Å²) in [6, 6.07) is 13.3. The molecule has 0 radical (unpaired) electrons. The summed E-state index contributed by atoms with van der Waals surface area (Å²) in [5.74, 6) is -0.299. The standard InChI is InChI=1S/C15H9BrN2O2S/c16-8-5-6-11-12(7-8)21-15(17-11)18-13-9-3-1-2-4-10(9)14(19)20-13/h1-7,13H,(H,17,18). The third-order valence-electron chi connectivity index (χ3n) is 3.29. The molecule has 0 spiro atoms. The van der Waals surface area contributed by atoms with Crippen LogP contribution in [0.3, 0.4) is 0 Å². The van der Waals surface area contributed by atoms with Crippen molar-refractivity contribution in [1.29, 1.82) is 0 Å². The second kappa shape index (κ2) is 4.82. The molecule has 0 saturated carbocycles. The monoisotopic (exact) mass is 360 g/mol. The van der Waals surface area contributed by atoms with Crippen LogP contribution in [-0.2, 0) is 4.74 Å². The summed E-state index contributed by atoms with van der Waals surface area (Å²) in [4.78, 5) is 16.3. The predicted molar refractivity (Wildman–Crippen MR) is 85.5 cm³/mol. The zero-order valence-corrected chi connectivity index (χ0v) is 13.1. The Bertz CT molecular complexity index is 862. The molecule has 21 heavy (non-hydrogen) atoms. The van der Waals surface area contributed by atoms with E-state index in [1.165, 1.54) is 11.3 Å². The smallest absolute Gasteiger partial charge is 0.340 e. The second-order valence-corrected chi connectivity index (χ2v) is 6.59. The number of cyclic esters (lactones) is 1. The normalized spacial score (nSPS) is 16.8. The number of carbonyl (C=O) groups is 1. The van der Waals surface area contributed by atoms with Crippen molar-refractivity contribution in [3.63, 3.8) is 0 Å². The summed E-state index contributed by atoms with van der Waals surface area (Å²) in [6.07, 6.45) is -0.474. The lowest BCUT2D eigenvalue weighted by atomic mass is 10.1. The Morgan fingerprint density at radius 2 is 2.10 bits per heavy atom. The van der Waals surface area contributed by atoms with Gasteiger partial charge in [0.2, 0.25) is 6.23 Å². The van der Waals surface area contributed by atoms with Crippen LogP contribution in [0.2, 0.25) is 0 Å². The van der Waals surface area contributed by atoms with Gasteiger partial charge in [-0.15, -0.1) is 0 Å². The summed E-state index contributed by atoms with van der Waals surface area (Å²) in [5, 5.41) is 3.92. The molecule has 3 aromatic rings. The van der Waals surface area contributed by atoms with Gasteiger partial charge in [-0.05, 0) is 24.3 Å². The van der Waals surface area contributed by atoms with Gasteiger partial charge in [0.15, 0.2) is 5.13 Å². The zero-order valence-electron chi connectivity index (χ0n) is 10.7. The van der Waals surface area contributed by atoms with Gasteiger partial charge in [-0.2, -0.15) is 0 Å². The van der Waals surface area contributed by atoms with Crippen molar-refractivity contribution >= 4 is 48.6 Å². The lowest BCUT2D eigenvalue weighted by molar-refractivity contribution is 0.0437. The highest BCUT2D eigenvalue weighted by Gasteiger charge is 2.30. The van der Waals surface area contributed by atoms with Crippen LogP contribution in [0.15, 0.2) is 46.9 Å². The fourth-order valence-corrected chi connectivity index (χ4v) is 3.76. The van der Waals surface area contributed by atoms with Crippen molar-refractivity contribution in [1.82, 2.24) is 4.98 Å². The minimum atomic E-state index is -0.474. The minimum Gasteiger partial charge on any atom is -0.434 e. The molecule has 1 aliphatic heterocycles. The number of hydrogen-bond donors (Lipinski definition) is 1. The number of halogens is 1. The molecule has 104 valence electrons. The average Bonchev–Trinajstić information content (AvgIpc) is 3.01. The van der Waals surface area contributed by atoms with Crippen LogP contribution < -0.4 is 5.32 Å². The van der Waals surface area contributed by atoms with E-state index in [-0.39, 0.29) is 5.97 Å². The number of anilines is 1. The van der Waals surface area contributed by atoms with Crippen molar-refractivity contribution < 1.29 is 9.53 Å². The average molecular weight is 361 g/mol. The predicted octanol–water partition coefficient (Wildman–Crippen LogP) is 4.34. The lowest BCUT2D eigenvalue weighted by Crippen LogP contribution is -2.09. The molecule has 4 rings (SSSR count). The molecule has 2 aromatic carbocycles. The third-order valence-corrected chi connectivity index (χ3v) is 4.74. The Hall–Kier alpha value is -1.92. The highest BCUT2D eigenvalue weighted by Crippen LogP contribution is 2.34. The van der Waals surface area contributed by atoms with E-state index in [0.29, 0.717) is 5.56 Å². The lowest BCUT2D eigenvalue weighted by Gasteiger charge is -2.11. The topological polar surface area (TPSA) is 51.2 Å². The maximum absolute atomic E-state index is 11.8. The van der Waals surface area contributed by atoms with E-state index in [2.05, 4.69) is 26.2 Å². The van der Waals surface area contributed by atoms with E-state index in [1.807, 2.05) is 36.4 Å². The summed E-state index contributed by atoms with van der Waals surface area (Å²) in [6.45, 7) is 0. The van der Waals surface area contributed by atoms with E-state index in [4.69, 9.17) is 4.74 Å². The molecule has 1 unspecified atom stereocenters. The van der Waals surface area contributed by atoms with E-state index in [1.54, 1.807) is 6.07 Å². The highest BCUT2D eigenvalue weighted by atomic mass is 79.9. The molecule has 1 aliphatic rings. The molecule has 0 amide bonds. The van der Waals surface area contributed by atoms with Crippen molar-refractivity contribution in [3.05, 3.63) is 58.1 Å². The van der Waals surface area contributed by atoms with Crippen LogP contribution in [0.5, 0.6) is 0 Å². The number of nitrogens with zero attached hydrogens (tertiary/aromatic N) is 1. The maximum Gasteiger partial charge on any atom is 0.340 e. The fourth-order valence-electron chi connectivity index (χ4n) is 2.33. The van der Waals surface area contributed by atoms with Crippen molar-refractivity contribution in [2.75, 3.05) is 5.32 Å². The minimum absolute atomic E-state index is 0.299. The Kier molecular flexibility index (Phi) is 2.94. The number of thiazole rings is 1. The molecular weight excluding hydrogens is 352 g/mol. The van der Waals surface area contributed by atoms with Gasteiger partial charge in [-0.25, -0.2) is 9.78 Å². The van der Waals surface area contributed by atoms with Crippen molar-refractivity contribution in [2.24, 2.45) is 0 Å². The fraction of sp³-hybridized carbons (Fsp3) is 0.0667. The van der Waals surface area contributed by atoms with Gasteiger partial charge in [0.25, 0.3) is 0 Å². The molecule has 1 atom stereocenters. The van der Waals surface area contributed by atoms with E-state index in [0.717, 1.165) is 25.4 Å². The molecule has 0 aliphatic carbocycles. The molecule has 4 nitrogen and oxygen atoms in total. The van der Waals surface area contributed by atoms with Gasteiger partial charge in [-0.3, -0.25) is 0 Å². The second-order valence-electron chi connectivity index (χ2n) is 4.65. The molecule has 2 heterocycles. The summed E-state index contributed by atoms with van der Waals surface area (Å²) < 4.78 is 7.45. The SMILES string of the molecule is O=C1OC(Nc2nc3ccc(Br)cc3s2)c2ccccc21. The quantitative estimate of drug-likeness (QED) is 0.690. The highest BCUT2D eigenvalue weighted by molar-refractivity contribution is 9.10. The number of carbonyl (C=O) groups excluding carboxylic acids is 1. The third kappa shape index (κ3) is 2.20. The molecule has 1 N–H and O–H groups in total. The number of aromatic nitrogens is 1. The molecule has 6 heteroatoms. The molecule has 0 bridgehead atoms. The number of benzene rings is 2. The number of nitrogens with one attached hydrogen (secondary N) is 1. The van der Waals surface area contributed by atoms with Crippen LogP contribution in [0, 0.1) is 0 Å². The van der Waals surface area contributed by atoms with E-state index < -0.39 is 6.23 Å². The van der Waals surface area contributed by atoms with Crippen LogP contribution in [-0.4, -0.2) is 11.0 Å². The van der Waals surface area contributed by atoms with Crippen LogP contribution in [0.4, 0.5) is 5.13 Å². The molecule has 0 saturated heterocycles. The zero-order chi connectivity index (χ0) is 14.4. The van der Waals surface area contributed by atoms with Crippen LogP contribution in [0.25, 0.3) is 10.2 Å². The van der Waals surface area contributed by atoms with Gasteiger partial charge in [0.05, 0.1) is 15.8 Å². The largest absolute Gasteiger partial charge is 0.434 e. The Morgan fingerprint density at radius 3 is 3.00 bits per heavy atom. The number of fused-ring (bicyclic) bond motifs is 2. The summed E-state index contributed by atoms with van der Waals surface area (Å²) >= 11 is 4.98. The van der Waals surface area contributed by atoms with Gasteiger partial charge >= 0.3 is 5.97 Å². The summed E-state index contributed by atoms with van der Waals surface area (Å²) in [5.41, 5.74) is 2.38. The molecular formula is C15H9BrN2O2S. The maximum atomic E-state index is 11.8. The first-order chi connectivity index (χ1) is 10.2. The Morgan fingerprint density at radius 1 is 1.24 bits per heavy atom. The number of ether oxygens (including phenoxy) is 1.